The SMILES string of the molecule is COc1cccc(C#N)c1Nc1nc(N)c(Cl)cc1Cl. The third-order valence-electron chi connectivity index (χ3n) is 2.57. The number of para-hydroxylation sites is 1. The standard InChI is InChI=1S/C13H10Cl2N4O/c1-20-10-4-2-3-7(6-16)11(10)18-13-9(15)5-8(14)12(17)19-13/h2-5H,1H3,(H3,17,18,19). The minimum Gasteiger partial charge on any atom is -0.495 e. The van der Waals surface area contributed by atoms with E-state index >= 15 is 0 Å². The molecule has 0 fully saturated rings. The van der Waals surface area contributed by atoms with Crippen LogP contribution in [0, 0.1) is 11.3 Å². The minimum absolute atomic E-state index is 0.145. The van der Waals surface area contributed by atoms with Crippen LogP contribution in [-0.4, -0.2) is 12.1 Å². The van der Waals surface area contributed by atoms with E-state index in [1.165, 1.54) is 13.2 Å². The van der Waals surface area contributed by atoms with Crippen LogP contribution in [0.1, 0.15) is 5.56 Å². The van der Waals surface area contributed by atoms with Gasteiger partial charge >= 0.3 is 0 Å². The second kappa shape index (κ2) is 5.87. The van der Waals surface area contributed by atoms with E-state index in [1.807, 2.05) is 0 Å². The molecular weight excluding hydrogens is 299 g/mol. The topological polar surface area (TPSA) is 84.0 Å². The number of nitrogens with zero attached hydrogens (tertiary/aromatic N) is 2. The molecule has 0 spiro atoms. The molecule has 3 N–H and O–H groups in total. The molecule has 5 nitrogen and oxygen atoms in total. The van der Waals surface area contributed by atoms with E-state index in [1.54, 1.807) is 18.2 Å². The molecule has 0 aliphatic rings. The average molecular weight is 309 g/mol. The van der Waals surface area contributed by atoms with Gasteiger partial charge in [0, 0.05) is 0 Å². The van der Waals surface area contributed by atoms with Crippen LogP contribution in [0.2, 0.25) is 10.0 Å². The van der Waals surface area contributed by atoms with Gasteiger partial charge in [0.15, 0.2) is 5.82 Å². The van der Waals surface area contributed by atoms with Crippen LogP contribution < -0.4 is 15.8 Å². The van der Waals surface area contributed by atoms with E-state index in [4.69, 9.17) is 38.9 Å². The van der Waals surface area contributed by atoms with E-state index in [0.29, 0.717) is 27.8 Å². The molecule has 2 aromatic rings. The van der Waals surface area contributed by atoms with Crippen LogP contribution in [0.5, 0.6) is 5.75 Å². The van der Waals surface area contributed by atoms with E-state index in [9.17, 15) is 0 Å². The summed E-state index contributed by atoms with van der Waals surface area (Å²) in [6.07, 6.45) is 0. The Bertz CT molecular complexity index is 698. The molecule has 0 aliphatic carbocycles. The quantitative estimate of drug-likeness (QED) is 0.905. The van der Waals surface area contributed by atoms with Crippen molar-refractivity contribution in [2.45, 2.75) is 0 Å². The normalized spacial score (nSPS) is 9.90. The lowest BCUT2D eigenvalue weighted by Gasteiger charge is -2.13. The highest BCUT2D eigenvalue weighted by atomic mass is 35.5. The lowest BCUT2D eigenvalue weighted by atomic mass is 10.1. The number of nitrogens with two attached hydrogens (primary N) is 1. The fourth-order valence-corrected chi connectivity index (χ4v) is 2.02. The molecule has 0 aliphatic heterocycles. The Balaban J connectivity index is 2.50. The van der Waals surface area contributed by atoms with Crippen LogP contribution in [0.4, 0.5) is 17.3 Å². The van der Waals surface area contributed by atoms with Crippen molar-refractivity contribution in [3.05, 3.63) is 39.9 Å². The minimum atomic E-state index is 0.145. The fraction of sp³-hybridized carbons (Fsp3) is 0.0769. The number of nitriles is 1. The number of anilines is 3. The lowest BCUT2D eigenvalue weighted by molar-refractivity contribution is 0.416. The lowest BCUT2D eigenvalue weighted by Crippen LogP contribution is -2.02. The molecule has 0 saturated heterocycles. The number of pyridine rings is 1. The van der Waals surface area contributed by atoms with E-state index in [-0.39, 0.29) is 10.8 Å². The van der Waals surface area contributed by atoms with Gasteiger partial charge in [-0.2, -0.15) is 5.26 Å². The molecule has 0 unspecified atom stereocenters. The maximum Gasteiger partial charge on any atom is 0.151 e. The molecule has 0 amide bonds. The molecule has 2 rings (SSSR count). The number of rotatable bonds is 3. The summed E-state index contributed by atoms with van der Waals surface area (Å²) in [5.41, 5.74) is 6.51. The van der Waals surface area contributed by atoms with Crippen molar-refractivity contribution in [2.75, 3.05) is 18.2 Å². The molecule has 1 heterocycles. The fourth-order valence-electron chi connectivity index (χ4n) is 1.61. The summed E-state index contributed by atoms with van der Waals surface area (Å²) >= 11 is 11.9. The van der Waals surface area contributed by atoms with Gasteiger partial charge in [0.05, 0.1) is 22.7 Å². The third kappa shape index (κ3) is 2.72. The Morgan fingerprint density at radius 2 is 2.10 bits per heavy atom. The third-order valence-corrected chi connectivity index (χ3v) is 3.16. The van der Waals surface area contributed by atoms with Gasteiger partial charge in [-0.1, -0.05) is 29.3 Å². The van der Waals surface area contributed by atoms with Gasteiger partial charge in [0.1, 0.15) is 23.3 Å². The maximum atomic E-state index is 9.14. The highest BCUT2D eigenvalue weighted by Gasteiger charge is 2.13. The van der Waals surface area contributed by atoms with Crippen molar-refractivity contribution >= 4 is 40.5 Å². The number of hydrogen-bond acceptors (Lipinski definition) is 5. The Morgan fingerprint density at radius 1 is 1.35 bits per heavy atom. The highest BCUT2D eigenvalue weighted by Crippen LogP contribution is 2.34. The number of nitrogens with one attached hydrogen (secondary N) is 1. The molecule has 0 saturated carbocycles. The monoisotopic (exact) mass is 308 g/mol. The van der Waals surface area contributed by atoms with Crippen LogP contribution in [0.3, 0.4) is 0 Å². The average Bonchev–Trinajstić information content (AvgIpc) is 2.44. The molecule has 1 aromatic heterocycles. The number of benzene rings is 1. The van der Waals surface area contributed by atoms with Crippen LogP contribution in [0.15, 0.2) is 24.3 Å². The van der Waals surface area contributed by atoms with Gasteiger partial charge in [-0.25, -0.2) is 4.98 Å². The summed E-state index contributed by atoms with van der Waals surface area (Å²) in [4.78, 5) is 4.06. The van der Waals surface area contributed by atoms with Crippen molar-refractivity contribution in [1.82, 2.24) is 4.98 Å². The maximum absolute atomic E-state index is 9.14. The molecular formula is C13H10Cl2N4O. The zero-order valence-electron chi connectivity index (χ0n) is 10.4. The van der Waals surface area contributed by atoms with Gasteiger partial charge in [0.25, 0.3) is 0 Å². The predicted molar refractivity (Wildman–Crippen MR) is 79.7 cm³/mol. The summed E-state index contributed by atoms with van der Waals surface area (Å²) in [5.74, 6) is 0.942. The first-order chi connectivity index (χ1) is 9.56. The Hall–Kier alpha value is -2.16. The summed E-state index contributed by atoms with van der Waals surface area (Å²) < 4.78 is 5.21. The van der Waals surface area contributed by atoms with Gasteiger partial charge in [-0.15, -0.1) is 0 Å². The zero-order valence-corrected chi connectivity index (χ0v) is 12.0. The summed E-state index contributed by atoms with van der Waals surface area (Å²) in [7, 11) is 1.51. The molecule has 102 valence electrons. The van der Waals surface area contributed by atoms with Gasteiger partial charge in [0.2, 0.25) is 0 Å². The number of hydrogen-bond donors (Lipinski definition) is 2. The highest BCUT2D eigenvalue weighted by molar-refractivity contribution is 6.37. The van der Waals surface area contributed by atoms with Crippen molar-refractivity contribution < 1.29 is 4.74 Å². The van der Waals surface area contributed by atoms with Crippen molar-refractivity contribution in [3.63, 3.8) is 0 Å². The second-order valence-electron chi connectivity index (χ2n) is 3.81. The van der Waals surface area contributed by atoms with E-state index in [2.05, 4.69) is 16.4 Å². The largest absolute Gasteiger partial charge is 0.495 e. The van der Waals surface area contributed by atoms with Crippen molar-refractivity contribution in [2.24, 2.45) is 0 Å². The van der Waals surface area contributed by atoms with Crippen molar-refractivity contribution in [3.8, 4) is 11.8 Å². The van der Waals surface area contributed by atoms with Crippen LogP contribution in [0.25, 0.3) is 0 Å². The molecule has 0 bridgehead atoms. The number of halogens is 2. The number of aromatic nitrogens is 1. The van der Waals surface area contributed by atoms with Gasteiger partial charge in [-0.05, 0) is 18.2 Å². The molecule has 1 aromatic carbocycles. The Labute approximate surface area is 125 Å². The van der Waals surface area contributed by atoms with Crippen LogP contribution in [-0.2, 0) is 0 Å². The smallest absolute Gasteiger partial charge is 0.151 e. The summed E-state index contributed by atoms with van der Waals surface area (Å²) in [6.45, 7) is 0. The molecule has 0 atom stereocenters. The van der Waals surface area contributed by atoms with E-state index in [0.717, 1.165) is 0 Å². The van der Waals surface area contributed by atoms with Crippen molar-refractivity contribution in [1.29, 1.82) is 5.26 Å². The van der Waals surface area contributed by atoms with Crippen LogP contribution >= 0.6 is 23.2 Å². The molecule has 0 radical (unpaired) electrons. The first-order valence-corrected chi connectivity index (χ1v) is 6.28. The zero-order chi connectivity index (χ0) is 14.7. The first-order valence-electron chi connectivity index (χ1n) is 5.52. The van der Waals surface area contributed by atoms with Gasteiger partial charge < -0.3 is 15.8 Å². The summed E-state index contributed by atoms with van der Waals surface area (Å²) in [6, 6.07) is 8.63. The Morgan fingerprint density at radius 3 is 2.75 bits per heavy atom. The number of methoxy groups -OCH3 is 1. The number of nitrogen functional groups attached to an aromatic ring is 1. The second-order valence-corrected chi connectivity index (χ2v) is 4.62. The predicted octanol–water partition coefficient (Wildman–Crippen LogP) is 3.59. The molecule has 20 heavy (non-hydrogen) atoms. The van der Waals surface area contributed by atoms with E-state index < -0.39 is 0 Å². The summed E-state index contributed by atoms with van der Waals surface area (Å²) in [5, 5.41) is 12.6. The first kappa shape index (κ1) is 14.3. The number of ether oxygens (including phenoxy) is 1. The molecule has 7 heteroatoms. The Kier molecular flexibility index (Phi) is 4.18. The van der Waals surface area contributed by atoms with Gasteiger partial charge in [-0.3, -0.25) is 0 Å².